The third-order valence-electron chi connectivity index (χ3n) is 9.21. The third kappa shape index (κ3) is 2.66. The quantitative estimate of drug-likeness (QED) is 0.219. The zero-order valence-corrected chi connectivity index (χ0v) is 22.5. The molecule has 0 fully saturated rings. The van der Waals surface area contributed by atoms with Gasteiger partial charge in [-0.25, -0.2) is 0 Å². The standard InChI is InChI=1S/C40H26/c1-23-11-8-12-24(2)34(23)30-21-22-33-36-29(30)18-10-20-32(36)39-35(25-13-4-3-5-14-25)31-19-9-17-27-26-15-6-7-16-28(26)38(37(27)31)40(33)39/h3-22H,1-2H3. The topological polar surface area (TPSA) is 0 Å². The van der Waals surface area contributed by atoms with Gasteiger partial charge >= 0.3 is 0 Å². The Kier molecular flexibility index (Phi) is 4.28. The first-order valence-corrected chi connectivity index (χ1v) is 14.1. The van der Waals surface area contributed by atoms with Crippen LogP contribution in [-0.2, 0) is 0 Å². The van der Waals surface area contributed by atoms with Crippen molar-refractivity contribution in [1.82, 2.24) is 0 Å². The van der Waals surface area contributed by atoms with Crippen LogP contribution in [0.15, 0.2) is 121 Å². The Bertz CT molecular complexity index is 2410. The molecule has 0 unspecified atom stereocenters. The minimum Gasteiger partial charge on any atom is -0.0622 e. The van der Waals surface area contributed by atoms with E-state index in [0.717, 1.165) is 0 Å². The minimum absolute atomic E-state index is 1.28. The van der Waals surface area contributed by atoms with E-state index < -0.39 is 0 Å². The molecule has 0 amide bonds. The Morgan fingerprint density at radius 1 is 0.300 bits per heavy atom. The van der Waals surface area contributed by atoms with E-state index in [2.05, 4.69) is 135 Å². The van der Waals surface area contributed by atoms with Crippen molar-refractivity contribution in [2.45, 2.75) is 13.8 Å². The van der Waals surface area contributed by atoms with E-state index in [1.807, 2.05) is 0 Å². The first-order chi connectivity index (χ1) is 19.7. The molecule has 0 aliphatic heterocycles. The van der Waals surface area contributed by atoms with Crippen molar-refractivity contribution in [3.63, 3.8) is 0 Å². The second kappa shape index (κ2) is 7.81. The highest BCUT2D eigenvalue weighted by Crippen LogP contribution is 2.53. The lowest BCUT2D eigenvalue weighted by molar-refractivity contribution is 1.39. The molecule has 186 valence electrons. The van der Waals surface area contributed by atoms with Crippen LogP contribution >= 0.6 is 0 Å². The maximum atomic E-state index is 2.40. The Labute approximate surface area is 232 Å². The van der Waals surface area contributed by atoms with Gasteiger partial charge < -0.3 is 0 Å². The smallest absolute Gasteiger partial charge is 0.000696 e. The summed E-state index contributed by atoms with van der Waals surface area (Å²) in [6.45, 7) is 4.47. The van der Waals surface area contributed by atoms with Crippen molar-refractivity contribution >= 4 is 64.6 Å². The van der Waals surface area contributed by atoms with Gasteiger partial charge in [0, 0.05) is 0 Å². The minimum atomic E-state index is 1.28. The average Bonchev–Trinajstić information content (AvgIpc) is 3.50. The highest BCUT2D eigenvalue weighted by atomic mass is 14.3. The second-order valence-corrected chi connectivity index (χ2v) is 11.3. The zero-order chi connectivity index (χ0) is 26.5. The van der Waals surface area contributed by atoms with E-state index in [1.54, 1.807) is 0 Å². The fourth-order valence-electron chi connectivity index (χ4n) is 7.69. The summed E-state index contributed by atoms with van der Waals surface area (Å²) < 4.78 is 0. The zero-order valence-electron chi connectivity index (χ0n) is 22.5. The van der Waals surface area contributed by atoms with Crippen molar-refractivity contribution in [1.29, 1.82) is 0 Å². The molecule has 0 aliphatic rings. The van der Waals surface area contributed by atoms with Gasteiger partial charge in [0.2, 0.25) is 0 Å². The van der Waals surface area contributed by atoms with Crippen LogP contribution in [0.4, 0.5) is 0 Å². The van der Waals surface area contributed by atoms with Gasteiger partial charge in [-0.1, -0.05) is 121 Å². The summed E-state index contributed by atoms with van der Waals surface area (Å²) in [4.78, 5) is 0. The molecule has 0 heterocycles. The number of benzene rings is 7. The number of fused-ring (bicyclic) bond motifs is 7. The van der Waals surface area contributed by atoms with Crippen molar-refractivity contribution in [3.05, 3.63) is 132 Å². The van der Waals surface area contributed by atoms with Crippen LogP contribution in [-0.4, -0.2) is 0 Å². The number of rotatable bonds is 2. The van der Waals surface area contributed by atoms with Crippen LogP contribution in [0.5, 0.6) is 0 Å². The van der Waals surface area contributed by atoms with Crippen molar-refractivity contribution in [3.8, 4) is 22.3 Å². The Morgan fingerprint density at radius 2 is 0.850 bits per heavy atom. The molecule has 9 rings (SSSR count). The van der Waals surface area contributed by atoms with Gasteiger partial charge in [-0.3, -0.25) is 0 Å². The molecule has 0 atom stereocenters. The summed E-state index contributed by atoms with van der Waals surface area (Å²) in [6.07, 6.45) is 0. The summed E-state index contributed by atoms with van der Waals surface area (Å²) >= 11 is 0. The summed E-state index contributed by atoms with van der Waals surface area (Å²) in [5.74, 6) is 0. The van der Waals surface area contributed by atoms with Crippen LogP contribution in [0, 0.1) is 13.8 Å². The van der Waals surface area contributed by atoms with Crippen LogP contribution in [0.1, 0.15) is 11.1 Å². The molecule has 0 aromatic heterocycles. The summed E-state index contributed by atoms with van der Waals surface area (Å²) in [7, 11) is 0. The van der Waals surface area contributed by atoms with Gasteiger partial charge in [0.25, 0.3) is 0 Å². The highest BCUT2D eigenvalue weighted by molar-refractivity contribution is 6.48. The summed E-state index contributed by atoms with van der Waals surface area (Å²) in [5.41, 5.74) is 7.95. The van der Waals surface area contributed by atoms with Crippen LogP contribution in [0.2, 0.25) is 0 Å². The first kappa shape index (κ1) is 21.9. The molecule has 0 heteroatoms. The lowest BCUT2D eigenvalue weighted by Crippen LogP contribution is -1.89. The van der Waals surface area contributed by atoms with Gasteiger partial charge in [-0.2, -0.15) is 0 Å². The highest BCUT2D eigenvalue weighted by Gasteiger charge is 2.25. The van der Waals surface area contributed by atoms with Crippen molar-refractivity contribution in [2.75, 3.05) is 0 Å². The van der Waals surface area contributed by atoms with Gasteiger partial charge in [-0.05, 0) is 112 Å². The second-order valence-electron chi connectivity index (χ2n) is 11.3. The SMILES string of the molecule is Cc1cccc(C)c1-c1ccc2c3c1cccc3c1c(-c3ccccc3)c3cccc4c5ccccc5c(c34)c21. The number of aryl methyl sites for hydroxylation is 2. The molecule has 9 aromatic carbocycles. The largest absolute Gasteiger partial charge is 0.0622 e. The lowest BCUT2D eigenvalue weighted by atomic mass is 9.90. The van der Waals surface area contributed by atoms with E-state index in [1.165, 1.54) is 98.0 Å². The summed E-state index contributed by atoms with van der Waals surface area (Å²) in [6, 6.07) is 45.2. The van der Waals surface area contributed by atoms with Gasteiger partial charge in [0.15, 0.2) is 0 Å². The van der Waals surface area contributed by atoms with Crippen LogP contribution in [0.3, 0.4) is 0 Å². The van der Waals surface area contributed by atoms with Crippen LogP contribution in [0.25, 0.3) is 86.9 Å². The molecule has 0 aliphatic carbocycles. The van der Waals surface area contributed by atoms with Crippen LogP contribution < -0.4 is 0 Å². The molecule has 0 bridgehead atoms. The average molecular weight is 507 g/mol. The normalized spacial score (nSPS) is 12.2. The molecular weight excluding hydrogens is 480 g/mol. The van der Waals surface area contributed by atoms with E-state index >= 15 is 0 Å². The predicted molar refractivity (Wildman–Crippen MR) is 174 cm³/mol. The molecular formula is C40H26. The molecule has 0 spiro atoms. The maximum Gasteiger partial charge on any atom is -0.000696 e. The molecule has 9 aromatic rings. The van der Waals surface area contributed by atoms with Gasteiger partial charge in [0.1, 0.15) is 0 Å². The van der Waals surface area contributed by atoms with E-state index in [9.17, 15) is 0 Å². The van der Waals surface area contributed by atoms with E-state index in [-0.39, 0.29) is 0 Å². The number of hydrogen-bond acceptors (Lipinski definition) is 0. The molecule has 0 N–H and O–H groups in total. The molecule has 0 saturated heterocycles. The monoisotopic (exact) mass is 506 g/mol. The van der Waals surface area contributed by atoms with E-state index in [4.69, 9.17) is 0 Å². The third-order valence-corrected chi connectivity index (χ3v) is 9.21. The van der Waals surface area contributed by atoms with Gasteiger partial charge in [-0.15, -0.1) is 0 Å². The Balaban J connectivity index is 1.61. The number of hydrogen-bond donors (Lipinski definition) is 0. The lowest BCUT2D eigenvalue weighted by Gasteiger charge is -2.13. The van der Waals surface area contributed by atoms with Gasteiger partial charge in [0.05, 0.1) is 0 Å². The molecule has 40 heavy (non-hydrogen) atoms. The van der Waals surface area contributed by atoms with Crippen molar-refractivity contribution in [2.24, 2.45) is 0 Å². The summed E-state index contributed by atoms with van der Waals surface area (Å²) in [5, 5.41) is 16.4. The van der Waals surface area contributed by atoms with E-state index in [0.29, 0.717) is 0 Å². The molecule has 0 radical (unpaired) electrons. The fraction of sp³-hybridized carbons (Fsp3) is 0.0500. The van der Waals surface area contributed by atoms with Crippen molar-refractivity contribution < 1.29 is 0 Å². The molecule has 0 nitrogen and oxygen atoms in total. The Hall–Kier alpha value is -4.94. The Morgan fingerprint density at radius 3 is 1.65 bits per heavy atom. The molecule has 0 saturated carbocycles. The first-order valence-electron chi connectivity index (χ1n) is 14.1. The maximum absolute atomic E-state index is 2.40. The fourth-order valence-corrected chi connectivity index (χ4v) is 7.69. The predicted octanol–water partition coefficient (Wildman–Crippen LogP) is 11.4.